The molecule has 1 saturated heterocycles. The van der Waals surface area contributed by atoms with Crippen molar-refractivity contribution in [2.24, 2.45) is 0 Å². The van der Waals surface area contributed by atoms with E-state index in [2.05, 4.69) is 89.3 Å². The van der Waals surface area contributed by atoms with E-state index in [9.17, 15) is 0 Å². The van der Waals surface area contributed by atoms with Crippen LogP contribution < -0.4 is 4.90 Å². The van der Waals surface area contributed by atoms with Crippen molar-refractivity contribution in [2.45, 2.75) is 19.8 Å². The number of pyridine rings is 1. The molecule has 1 fully saturated rings. The molecule has 0 radical (unpaired) electrons. The fourth-order valence-corrected chi connectivity index (χ4v) is 3.96. The number of nitrogens with zero attached hydrogens (tertiary/aromatic N) is 3. The number of hydrogen-bond donors (Lipinski definition) is 0. The summed E-state index contributed by atoms with van der Waals surface area (Å²) in [5.74, 6) is 0.576. The number of piperazine rings is 1. The van der Waals surface area contributed by atoms with Crippen molar-refractivity contribution in [3.05, 3.63) is 71.9 Å². The van der Waals surface area contributed by atoms with Gasteiger partial charge < -0.3 is 4.90 Å². The molecule has 0 spiro atoms. The van der Waals surface area contributed by atoms with Crippen molar-refractivity contribution < 1.29 is 0 Å². The molecule has 0 N–H and O–H groups in total. The number of aromatic nitrogens is 1. The highest BCUT2D eigenvalue weighted by Gasteiger charge is 2.20. The maximum Gasteiger partial charge on any atom is 0.0726 e. The fourth-order valence-electron chi connectivity index (χ4n) is 3.96. The van der Waals surface area contributed by atoms with Gasteiger partial charge in [0.25, 0.3) is 0 Å². The van der Waals surface area contributed by atoms with Gasteiger partial charge in [0.1, 0.15) is 0 Å². The van der Waals surface area contributed by atoms with E-state index in [0.29, 0.717) is 5.92 Å². The number of fused-ring (bicyclic) bond motifs is 1. The zero-order valence-electron chi connectivity index (χ0n) is 15.7. The first kappa shape index (κ1) is 17.0. The average molecular weight is 345 g/mol. The number of hydrogen-bond acceptors (Lipinski definition) is 3. The maximum atomic E-state index is 4.68. The van der Waals surface area contributed by atoms with Gasteiger partial charge in [0.15, 0.2) is 0 Å². The first-order chi connectivity index (χ1) is 12.7. The lowest BCUT2D eigenvalue weighted by atomic mass is 10.0. The topological polar surface area (TPSA) is 19.4 Å². The Bertz CT molecular complexity index is 867. The Balaban J connectivity index is 1.43. The third-order valence-electron chi connectivity index (χ3n) is 5.46. The van der Waals surface area contributed by atoms with Gasteiger partial charge in [-0.15, -0.1) is 0 Å². The van der Waals surface area contributed by atoms with Crippen molar-refractivity contribution in [3.8, 4) is 0 Å². The average Bonchev–Trinajstić information content (AvgIpc) is 2.68. The molecule has 3 aromatic rings. The largest absolute Gasteiger partial charge is 0.368 e. The van der Waals surface area contributed by atoms with Gasteiger partial charge in [-0.1, -0.05) is 43.3 Å². The molecule has 2 aromatic carbocycles. The SMILES string of the molecule is Cc1ccc2c(N3CCN(CC(C)c4ccccc4)CC3)cccc2n1. The molecule has 0 amide bonds. The normalized spacial score (nSPS) is 16.8. The van der Waals surface area contributed by atoms with Crippen molar-refractivity contribution in [2.75, 3.05) is 37.6 Å². The summed E-state index contributed by atoms with van der Waals surface area (Å²) in [7, 11) is 0. The zero-order chi connectivity index (χ0) is 17.9. The van der Waals surface area contributed by atoms with Crippen molar-refractivity contribution in [1.29, 1.82) is 0 Å². The Morgan fingerprint density at radius 2 is 1.65 bits per heavy atom. The van der Waals surface area contributed by atoms with Crippen LogP contribution in [0.3, 0.4) is 0 Å². The van der Waals surface area contributed by atoms with Crippen LogP contribution in [0.2, 0.25) is 0 Å². The van der Waals surface area contributed by atoms with Crippen LogP contribution in [0.1, 0.15) is 24.1 Å². The van der Waals surface area contributed by atoms with Gasteiger partial charge >= 0.3 is 0 Å². The van der Waals surface area contributed by atoms with E-state index in [1.54, 1.807) is 0 Å². The Hall–Kier alpha value is -2.39. The number of anilines is 1. The second-order valence-corrected chi connectivity index (χ2v) is 7.40. The summed E-state index contributed by atoms with van der Waals surface area (Å²) >= 11 is 0. The highest BCUT2D eigenvalue weighted by atomic mass is 15.3. The van der Waals surface area contributed by atoms with Crippen LogP contribution in [-0.4, -0.2) is 42.6 Å². The van der Waals surface area contributed by atoms with Gasteiger partial charge in [0.05, 0.1) is 5.52 Å². The molecule has 1 aliphatic heterocycles. The van der Waals surface area contributed by atoms with E-state index in [1.807, 2.05) is 0 Å². The molecule has 3 nitrogen and oxygen atoms in total. The number of benzene rings is 2. The Kier molecular flexibility index (Phi) is 4.89. The quantitative estimate of drug-likeness (QED) is 0.695. The van der Waals surface area contributed by atoms with Crippen LogP contribution in [-0.2, 0) is 0 Å². The Morgan fingerprint density at radius 1 is 0.885 bits per heavy atom. The highest BCUT2D eigenvalue weighted by molar-refractivity contribution is 5.92. The predicted molar refractivity (Wildman–Crippen MR) is 110 cm³/mol. The van der Waals surface area contributed by atoms with E-state index in [0.717, 1.165) is 43.9 Å². The van der Waals surface area contributed by atoms with Crippen LogP contribution in [0.25, 0.3) is 10.9 Å². The molecule has 2 heterocycles. The van der Waals surface area contributed by atoms with Crippen LogP contribution in [0, 0.1) is 6.92 Å². The maximum absolute atomic E-state index is 4.68. The molecule has 26 heavy (non-hydrogen) atoms. The molecule has 0 saturated carbocycles. The summed E-state index contributed by atoms with van der Waals surface area (Å²) in [6.07, 6.45) is 0. The molecule has 4 rings (SSSR count). The summed E-state index contributed by atoms with van der Waals surface area (Å²) < 4.78 is 0. The van der Waals surface area contributed by atoms with E-state index in [4.69, 9.17) is 0 Å². The number of aryl methyl sites for hydroxylation is 1. The second-order valence-electron chi connectivity index (χ2n) is 7.40. The molecule has 1 atom stereocenters. The first-order valence-corrected chi connectivity index (χ1v) is 9.59. The van der Waals surface area contributed by atoms with Crippen LogP contribution in [0.4, 0.5) is 5.69 Å². The Labute approximate surface area is 156 Å². The summed E-state index contributed by atoms with van der Waals surface area (Å²) in [6, 6.07) is 21.7. The van der Waals surface area contributed by atoms with Crippen molar-refractivity contribution in [3.63, 3.8) is 0 Å². The summed E-state index contributed by atoms with van der Waals surface area (Å²) in [5, 5.41) is 1.27. The fraction of sp³-hybridized carbons (Fsp3) is 0.348. The molecule has 134 valence electrons. The van der Waals surface area contributed by atoms with Crippen LogP contribution in [0.15, 0.2) is 60.7 Å². The molecule has 1 aromatic heterocycles. The third-order valence-corrected chi connectivity index (χ3v) is 5.46. The molecule has 3 heteroatoms. The minimum absolute atomic E-state index is 0.576. The van der Waals surface area contributed by atoms with Gasteiger partial charge in [-0.2, -0.15) is 0 Å². The summed E-state index contributed by atoms with van der Waals surface area (Å²) in [5.41, 5.74) is 4.94. The highest BCUT2D eigenvalue weighted by Crippen LogP contribution is 2.27. The van der Waals surface area contributed by atoms with Crippen LogP contribution >= 0.6 is 0 Å². The van der Waals surface area contributed by atoms with Crippen LogP contribution in [0.5, 0.6) is 0 Å². The smallest absolute Gasteiger partial charge is 0.0726 e. The van der Waals surface area contributed by atoms with E-state index in [1.165, 1.54) is 16.6 Å². The molecule has 1 aliphatic rings. The molecular formula is C23H27N3. The van der Waals surface area contributed by atoms with Crippen molar-refractivity contribution in [1.82, 2.24) is 9.88 Å². The number of rotatable bonds is 4. The molecule has 0 aliphatic carbocycles. The summed E-state index contributed by atoms with van der Waals surface area (Å²) in [4.78, 5) is 9.80. The Morgan fingerprint density at radius 3 is 2.42 bits per heavy atom. The predicted octanol–water partition coefficient (Wildman–Crippen LogP) is 4.47. The first-order valence-electron chi connectivity index (χ1n) is 9.59. The van der Waals surface area contributed by atoms with Gasteiger partial charge in [-0.25, -0.2) is 0 Å². The van der Waals surface area contributed by atoms with E-state index < -0.39 is 0 Å². The van der Waals surface area contributed by atoms with Gasteiger partial charge in [0, 0.05) is 49.5 Å². The standard InChI is InChI=1S/C23H27N3/c1-18(20-7-4-3-5-8-20)17-25-13-15-26(16-14-25)23-10-6-9-22-21(23)12-11-19(2)24-22/h3-12,18H,13-17H2,1-2H3. The van der Waals surface area contributed by atoms with E-state index in [-0.39, 0.29) is 0 Å². The second kappa shape index (κ2) is 7.46. The molecule has 0 bridgehead atoms. The van der Waals surface area contributed by atoms with Gasteiger partial charge in [0.2, 0.25) is 0 Å². The van der Waals surface area contributed by atoms with E-state index >= 15 is 0 Å². The molecular weight excluding hydrogens is 318 g/mol. The lowest BCUT2D eigenvalue weighted by Gasteiger charge is -2.37. The van der Waals surface area contributed by atoms with Gasteiger partial charge in [-0.3, -0.25) is 9.88 Å². The minimum Gasteiger partial charge on any atom is -0.368 e. The minimum atomic E-state index is 0.576. The third kappa shape index (κ3) is 3.58. The zero-order valence-corrected chi connectivity index (χ0v) is 15.7. The van der Waals surface area contributed by atoms with Gasteiger partial charge in [-0.05, 0) is 42.7 Å². The lowest BCUT2D eigenvalue weighted by molar-refractivity contribution is 0.246. The van der Waals surface area contributed by atoms with Crippen molar-refractivity contribution >= 4 is 16.6 Å². The lowest BCUT2D eigenvalue weighted by Crippen LogP contribution is -2.47. The monoisotopic (exact) mass is 345 g/mol. The molecule has 1 unspecified atom stereocenters. The summed E-state index contributed by atoms with van der Waals surface area (Å²) in [6.45, 7) is 9.91.